The number of para-hydroxylation sites is 2. The highest BCUT2D eigenvalue weighted by atomic mass is 35.5. The van der Waals surface area contributed by atoms with Gasteiger partial charge in [0, 0.05) is 12.1 Å². The Balaban J connectivity index is 1.98. The third-order valence-electron chi connectivity index (χ3n) is 4.48. The molecule has 0 saturated carbocycles. The van der Waals surface area contributed by atoms with Gasteiger partial charge >= 0.3 is 5.97 Å². The minimum Gasteiger partial charge on any atom is -0.456 e. The van der Waals surface area contributed by atoms with E-state index in [-0.39, 0.29) is 18.0 Å². The first-order valence-corrected chi connectivity index (χ1v) is 9.40. The first-order valence-electron chi connectivity index (χ1n) is 9.02. The third-order valence-corrected chi connectivity index (χ3v) is 4.71. The number of nitrogen functional groups attached to an aromatic ring is 1. The van der Waals surface area contributed by atoms with E-state index in [0.717, 1.165) is 0 Å². The molecule has 0 aliphatic carbocycles. The van der Waals surface area contributed by atoms with Crippen LogP contribution in [0.3, 0.4) is 0 Å². The molecule has 1 atom stereocenters. The van der Waals surface area contributed by atoms with Crippen LogP contribution < -0.4 is 5.73 Å². The lowest BCUT2D eigenvalue weighted by molar-refractivity contribution is 0.0123. The van der Waals surface area contributed by atoms with E-state index in [0.29, 0.717) is 32.9 Å². The van der Waals surface area contributed by atoms with Crippen LogP contribution in [0.25, 0.3) is 27.9 Å². The molecule has 2 N–H and O–H groups in total. The van der Waals surface area contributed by atoms with E-state index in [4.69, 9.17) is 31.8 Å². The summed E-state index contributed by atoms with van der Waals surface area (Å²) in [5.41, 5.74) is 9.43. The van der Waals surface area contributed by atoms with Gasteiger partial charge in [0.25, 0.3) is 0 Å². The van der Waals surface area contributed by atoms with Gasteiger partial charge in [-0.15, -0.1) is 0 Å². The second kappa shape index (κ2) is 7.69. The monoisotopic (exact) mass is 410 g/mol. The van der Waals surface area contributed by atoms with E-state index < -0.39 is 12.1 Å². The van der Waals surface area contributed by atoms with E-state index in [2.05, 4.69) is 4.98 Å². The van der Waals surface area contributed by atoms with Crippen LogP contribution in [-0.2, 0) is 9.47 Å². The molecule has 4 aromatic rings. The molecule has 2 aromatic carbocycles. The van der Waals surface area contributed by atoms with E-state index in [9.17, 15) is 4.79 Å². The summed E-state index contributed by atoms with van der Waals surface area (Å²) in [5, 5.41) is 0.537. The molecular formula is C21H19ClN4O3. The number of nitrogens with zero attached hydrogens (tertiary/aromatic N) is 3. The van der Waals surface area contributed by atoms with Gasteiger partial charge in [0.05, 0.1) is 23.3 Å². The molecule has 0 saturated heterocycles. The first kappa shape index (κ1) is 19.2. The van der Waals surface area contributed by atoms with Crippen molar-refractivity contribution in [2.45, 2.75) is 13.0 Å². The number of esters is 1. The summed E-state index contributed by atoms with van der Waals surface area (Å²) in [6, 6.07) is 14.6. The molecule has 29 heavy (non-hydrogen) atoms. The number of rotatable bonds is 5. The Bertz CT molecular complexity index is 1220. The van der Waals surface area contributed by atoms with Crippen molar-refractivity contribution < 1.29 is 14.3 Å². The molecule has 8 heteroatoms. The summed E-state index contributed by atoms with van der Waals surface area (Å²) < 4.78 is 12.2. The number of anilines is 1. The summed E-state index contributed by atoms with van der Waals surface area (Å²) in [7, 11) is 1.54. The van der Waals surface area contributed by atoms with Crippen LogP contribution in [0.5, 0.6) is 0 Å². The van der Waals surface area contributed by atoms with Crippen LogP contribution in [0.2, 0.25) is 5.02 Å². The molecule has 0 spiro atoms. The summed E-state index contributed by atoms with van der Waals surface area (Å²) in [6.07, 6.45) is -0.440. The summed E-state index contributed by atoms with van der Waals surface area (Å²) >= 11 is 6.17. The zero-order chi connectivity index (χ0) is 20.5. The highest BCUT2D eigenvalue weighted by Gasteiger charge is 2.27. The molecule has 2 aromatic heterocycles. The lowest BCUT2D eigenvalue weighted by Gasteiger charge is -2.12. The molecule has 0 amide bonds. The van der Waals surface area contributed by atoms with Crippen molar-refractivity contribution in [1.82, 2.24) is 14.5 Å². The molecule has 4 rings (SSSR count). The highest BCUT2D eigenvalue weighted by molar-refractivity contribution is 6.30. The molecule has 0 fully saturated rings. The minimum atomic E-state index is -0.581. The number of hydrogen-bond acceptors (Lipinski definition) is 6. The Hall–Kier alpha value is -3.16. The van der Waals surface area contributed by atoms with Gasteiger partial charge < -0.3 is 15.2 Å². The van der Waals surface area contributed by atoms with Gasteiger partial charge in [0.2, 0.25) is 0 Å². The number of ether oxygens (including phenoxy) is 2. The lowest BCUT2D eigenvalue weighted by atomic mass is 10.2. The second-order valence-corrected chi connectivity index (χ2v) is 7.07. The van der Waals surface area contributed by atoms with Crippen molar-refractivity contribution in [3.8, 4) is 5.69 Å². The maximum Gasteiger partial charge on any atom is 0.344 e. The average Bonchev–Trinajstić information content (AvgIpc) is 2.97. The standard InChI is InChI=1S/C21H19ClN4O3/c1-12(11-28-2)29-21(27)17-18-20(25-16-9-4-3-8-15(16)24-18)26(19(17)23)14-7-5-6-13(22)10-14/h3-10,12H,11,23H2,1-2H3/t12-/m1/s1. The number of aromatic nitrogens is 3. The van der Waals surface area contributed by atoms with Gasteiger partial charge in [-0.25, -0.2) is 14.8 Å². The van der Waals surface area contributed by atoms with Gasteiger partial charge in [-0.2, -0.15) is 0 Å². The molecular weight excluding hydrogens is 392 g/mol. The van der Waals surface area contributed by atoms with Crippen LogP contribution in [0.15, 0.2) is 48.5 Å². The third kappa shape index (κ3) is 3.50. The van der Waals surface area contributed by atoms with Crippen LogP contribution in [0, 0.1) is 0 Å². The minimum absolute atomic E-state index is 0.168. The molecule has 2 heterocycles. The van der Waals surface area contributed by atoms with E-state index in [1.807, 2.05) is 30.3 Å². The molecule has 7 nitrogen and oxygen atoms in total. The molecule has 0 aliphatic rings. The fraction of sp³-hybridized carbons (Fsp3) is 0.190. The topological polar surface area (TPSA) is 92.3 Å². The zero-order valence-electron chi connectivity index (χ0n) is 15.9. The normalized spacial score (nSPS) is 12.4. The van der Waals surface area contributed by atoms with Gasteiger partial charge in [-0.3, -0.25) is 4.57 Å². The van der Waals surface area contributed by atoms with E-state index in [1.54, 1.807) is 36.8 Å². The quantitative estimate of drug-likeness (QED) is 0.500. The van der Waals surface area contributed by atoms with Crippen LogP contribution >= 0.6 is 11.6 Å². The predicted molar refractivity (Wildman–Crippen MR) is 113 cm³/mol. The molecule has 0 radical (unpaired) electrons. The molecule has 0 aliphatic heterocycles. The maximum absolute atomic E-state index is 12.9. The largest absolute Gasteiger partial charge is 0.456 e. The SMILES string of the molecule is COC[C@@H](C)OC(=O)c1c(N)n(-c2cccc(Cl)c2)c2nc3ccccc3nc12. The summed E-state index contributed by atoms with van der Waals surface area (Å²) in [5.74, 6) is -0.394. The summed E-state index contributed by atoms with van der Waals surface area (Å²) in [4.78, 5) is 22.3. The lowest BCUT2D eigenvalue weighted by Crippen LogP contribution is -2.20. The van der Waals surface area contributed by atoms with Crippen molar-refractivity contribution in [1.29, 1.82) is 0 Å². The number of carbonyl (C=O) groups excluding carboxylic acids is 1. The van der Waals surface area contributed by atoms with Gasteiger partial charge in [-0.1, -0.05) is 29.8 Å². The molecule has 0 bridgehead atoms. The second-order valence-electron chi connectivity index (χ2n) is 6.63. The Morgan fingerprint density at radius 2 is 1.90 bits per heavy atom. The number of benzene rings is 2. The first-order chi connectivity index (χ1) is 14.0. The van der Waals surface area contributed by atoms with Crippen molar-refractivity contribution in [2.24, 2.45) is 0 Å². The predicted octanol–water partition coefficient (Wildman–Crippen LogP) is 4.00. The van der Waals surface area contributed by atoms with Crippen molar-refractivity contribution in [2.75, 3.05) is 19.5 Å². The van der Waals surface area contributed by atoms with E-state index in [1.165, 1.54) is 0 Å². The number of carbonyl (C=O) groups is 1. The van der Waals surface area contributed by atoms with Gasteiger partial charge in [-0.05, 0) is 37.3 Å². The number of methoxy groups -OCH3 is 1. The number of hydrogen-bond donors (Lipinski definition) is 1. The van der Waals surface area contributed by atoms with Crippen LogP contribution in [0.4, 0.5) is 5.82 Å². The smallest absolute Gasteiger partial charge is 0.344 e. The van der Waals surface area contributed by atoms with Crippen LogP contribution in [-0.4, -0.2) is 40.3 Å². The zero-order valence-corrected chi connectivity index (χ0v) is 16.7. The Morgan fingerprint density at radius 3 is 2.59 bits per heavy atom. The van der Waals surface area contributed by atoms with Crippen LogP contribution in [0.1, 0.15) is 17.3 Å². The Kier molecular flexibility index (Phi) is 5.08. The highest BCUT2D eigenvalue weighted by Crippen LogP contribution is 2.32. The Morgan fingerprint density at radius 1 is 1.17 bits per heavy atom. The van der Waals surface area contributed by atoms with Crippen molar-refractivity contribution >= 4 is 45.6 Å². The number of nitrogens with two attached hydrogens (primary N) is 1. The maximum atomic E-state index is 12.9. The molecule has 148 valence electrons. The van der Waals surface area contributed by atoms with E-state index >= 15 is 0 Å². The van der Waals surface area contributed by atoms with Gasteiger partial charge in [0.15, 0.2) is 5.65 Å². The van der Waals surface area contributed by atoms with Crippen molar-refractivity contribution in [3.05, 3.63) is 59.1 Å². The average molecular weight is 411 g/mol. The van der Waals surface area contributed by atoms with Gasteiger partial charge in [0.1, 0.15) is 23.0 Å². The fourth-order valence-electron chi connectivity index (χ4n) is 3.25. The number of halogens is 1. The Labute approximate surface area is 172 Å². The summed E-state index contributed by atoms with van der Waals surface area (Å²) in [6.45, 7) is 2.02. The molecule has 0 unspecified atom stereocenters. The van der Waals surface area contributed by atoms with Crippen molar-refractivity contribution in [3.63, 3.8) is 0 Å². The fourth-order valence-corrected chi connectivity index (χ4v) is 3.43. The number of fused-ring (bicyclic) bond motifs is 2.